The quantitative estimate of drug-likeness (QED) is 0.158. The predicted molar refractivity (Wildman–Crippen MR) is 171 cm³/mol. The molecule has 2 atom stereocenters. The molecular formula is C36H40F2N2O5. The number of para-hydroxylation sites is 1. The largest absolute Gasteiger partial charge is 0.469 e. The molecule has 238 valence electrons. The highest BCUT2D eigenvalue weighted by atomic mass is 19.1. The van der Waals surface area contributed by atoms with Crippen molar-refractivity contribution in [3.63, 3.8) is 0 Å². The number of halogens is 2. The Morgan fingerprint density at radius 3 is 1.91 bits per heavy atom. The molecule has 0 bridgehead atoms. The van der Waals surface area contributed by atoms with Crippen molar-refractivity contribution in [1.82, 2.24) is 4.57 Å². The molecule has 0 spiro atoms. The summed E-state index contributed by atoms with van der Waals surface area (Å²) in [7, 11) is 1.23. The molecule has 0 saturated carbocycles. The molecular weight excluding hydrogens is 578 g/mol. The fourth-order valence-corrected chi connectivity index (χ4v) is 5.76. The van der Waals surface area contributed by atoms with Crippen LogP contribution in [0.5, 0.6) is 0 Å². The van der Waals surface area contributed by atoms with Gasteiger partial charge in [-0.2, -0.15) is 0 Å². The number of methoxy groups -OCH3 is 1. The van der Waals surface area contributed by atoms with Crippen LogP contribution < -0.4 is 4.90 Å². The predicted octanol–water partition coefficient (Wildman–Crippen LogP) is 6.96. The standard InChI is InChI=1S/C36H40F2N2O5/c1-5-39(28-9-7-6-8-10-28)36(44)35-34(25-13-17-27(38)18-14-25)33(24-11-15-26(37)16-12-24)31(40(35)23(2)3)20-19-29(41)21-30(42)22-32(43)45-4/h6-18,23,29-30,41-42H,5,19-22H2,1-4H3. The lowest BCUT2D eigenvalue weighted by atomic mass is 9.92. The van der Waals surface area contributed by atoms with Crippen molar-refractivity contribution in [2.24, 2.45) is 0 Å². The number of benzene rings is 3. The normalized spacial score (nSPS) is 12.6. The van der Waals surface area contributed by atoms with Crippen LogP contribution in [0.15, 0.2) is 78.9 Å². The first-order valence-corrected chi connectivity index (χ1v) is 15.1. The molecule has 4 aromatic rings. The molecule has 2 unspecified atom stereocenters. The number of nitrogens with zero attached hydrogens (tertiary/aromatic N) is 2. The summed E-state index contributed by atoms with van der Waals surface area (Å²) in [5.74, 6) is -1.68. The third-order valence-electron chi connectivity index (χ3n) is 7.81. The first-order chi connectivity index (χ1) is 21.5. The number of aliphatic hydroxyl groups excluding tert-OH is 2. The molecule has 0 fully saturated rings. The average Bonchev–Trinajstić information content (AvgIpc) is 3.37. The molecule has 0 saturated heterocycles. The van der Waals surface area contributed by atoms with E-state index in [0.717, 1.165) is 5.69 Å². The fourth-order valence-electron chi connectivity index (χ4n) is 5.76. The zero-order chi connectivity index (χ0) is 32.7. The van der Waals surface area contributed by atoms with Crippen molar-refractivity contribution in [3.8, 4) is 22.3 Å². The molecule has 0 aliphatic rings. The Morgan fingerprint density at radius 1 is 0.844 bits per heavy atom. The summed E-state index contributed by atoms with van der Waals surface area (Å²) in [5.41, 5.74) is 4.34. The number of ether oxygens (including phenoxy) is 1. The van der Waals surface area contributed by atoms with Crippen molar-refractivity contribution in [1.29, 1.82) is 0 Å². The minimum Gasteiger partial charge on any atom is -0.469 e. The van der Waals surface area contributed by atoms with E-state index in [2.05, 4.69) is 4.74 Å². The third-order valence-corrected chi connectivity index (χ3v) is 7.81. The highest BCUT2D eigenvalue weighted by Crippen LogP contribution is 2.43. The van der Waals surface area contributed by atoms with Gasteiger partial charge in [-0.05, 0) is 87.6 Å². The van der Waals surface area contributed by atoms with Crippen LogP contribution in [0.3, 0.4) is 0 Å². The third kappa shape index (κ3) is 7.85. The van der Waals surface area contributed by atoms with Crippen molar-refractivity contribution in [2.45, 2.75) is 64.7 Å². The van der Waals surface area contributed by atoms with Gasteiger partial charge < -0.3 is 24.4 Å². The van der Waals surface area contributed by atoms with Gasteiger partial charge in [-0.3, -0.25) is 9.59 Å². The Hall–Kier alpha value is -4.34. The summed E-state index contributed by atoms with van der Waals surface area (Å²) in [6, 6.07) is 21.0. The Balaban J connectivity index is 1.94. The van der Waals surface area contributed by atoms with Gasteiger partial charge >= 0.3 is 5.97 Å². The summed E-state index contributed by atoms with van der Waals surface area (Å²) < 4.78 is 34.9. The molecule has 1 aromatic heterocycles. The van der Waals surface area contributed by atoms with Gasteiger partial charge in [0.2, 0.25) is 0 Å². The lowest BCUT2D eigenvalue weighted by Gasteiger charge is -2.25. The number of hydrogen-bond donors (Lipinski definition) is 2. The van der Waals surface area contributed by atoms with Crippen LogP contribution in [0, 0.1) is 11.6 Å². The number of amides is 1. The van der Waals surface area contributed by atoms with Gasteiger partial charge in [0, 0.05) is 35.1 Å². The minimum absolute atomic E-state index is 0.0441. The number of carbonyl (C=O) groups is 2. The number of esters is 1. The van der Waals surface area contributed by atoms with Gasteiger partial charge in [0.1, 0.15) is 17.3 Å². The van der Waals surface area contributed by atoms with Crippen LogP contribution in [-0.4, -0.2) is 52.5 Å². The first kappa shape index (κ1) is 33.6. The molecule has 1 amide bonds. The van der Waals surface area contributed by atoms with Crippen LogP contribution in [0.25, 0.3) is 22.3 Å². The van der Waals surface area contributed by atoms with E-state index in [-0.39, 0.29) is 37.6 Å². The molecule has 2 N–H and O–H groups in total. The van der Waals surface area contributed by atoms with E-state index in [1.165, 1.54) is 31.4 Å². The maximum absolute atomic E-state index is 14.7. The Morgan fingerprint density at radius 2 is 1.40 bits per heavy atom. The van der Waals surface area contributed by atoms with Crippen molar-refractivity contribution in [2.75, 3.05) is 18.6 Å². The summed E-state index contributed by atoms with van der Waals surface area (Å²) in [6.07, 6.45) is -1.84. The maximum atomic E-state index is 14.7. The summed E-state index contributed by atoms with van der Waals surface area (Å²) in [6.45, 7) is 6.19. The molecule has 3 aromatic carbocycles. The summed E-state index contributed by atoms with van der Waals surface area (Å²) in [5, 5.41) is 21.2. The zero-order valence-electron chi connectivity index (χ0n) is 26.0. The van der Waals surface area contributed by atoms with E-state index in [1.54, 1.807) is 29.2 Å². The van der Waals surface area contributed by atoms with Crippen LogP contribution in [-0.2, 0) is 16.0 Å². The Bertz CT molecular complexity index is 1580. The van der Waals surface area contributed by atoms with Gasteiger partial charge in [-0.1, -0.05) is 42.5 Å². The molecule has 0 aliphatic heterocycles. The van der Waals surface area contributed by atoms with E-state index in [4.69, 9.17) is 0 Å². The van der Waals surface area contributed by atoms with E-state index in [0.29, 0.717) is 40.2 Å². The van der Waals surface area contributed by atoms with E-state index >= 15 is 0 Å². The van der Waals surface area contributed by atoms with Gasteiger partial charge in [-0.15, -0.1) is 0 Å². The SMILES string of the molecule is CCN(C(=O)c1c(-c2ccc(F)cc2)c(-c2ccc(F)cc2)c(CCC(O)CC(O)CC(=O)OC)n1C(C)C)c1ccccc1. The minimum atomic E-state index is -1.09. The average molecular weight is 619 g/mol. The molecule has 0 radical (unpaired) electrons. The smallest absolute Gasteiger partial charge is 0.308 e. The van der Waals surface area contributed by atoms with E-state index < -0.39 is 29.8 Å². The van der Waals surface area contributed by atoms with Crippen LogP contribution in [0.4, 0.5) is 14.5 Å². The van der Waals surface area contributed by atoms with Crippen LogP contribution >= 0.6 is 0 Å². The number of hydrogen-bond acceptors (Lipinski definition) is 5. The lowest BCUT2D eigenvalue weighted by molar-refractivity contribution is -0.143. The van der Waals surface area contributed by atoms with Crippen molar-refractivity contribution in [3.05, 3.63) is 102 Å². The topological polar surface area (TPSA) is 92.0 Å². The summed E-state index contributed by atoms with van der Waals surface area (Å²) in [4.78, 5) is 28.0. The zero-order valence-corrected chi connectivity index (χ0v) is 26.0. The fraction of sp³-hybridized carbons (Fsp3) is 0.333. The Labute approximate surface area is 262 Å². The van der Waals surface area contributed by atoms with Crippen molar-refractivity contribution < 1.29 is 33.3 Å². The van der Waals surface area contributed by atoms with Gasteiger partial charge in [-0.25, -0.2) is 8.78 Å². The first-order valence-electron chi connectivity index (χ1n) is 15.1. The molecule has 4 rings (SSSR count). The Kier molecular flexibility index (Phi) is 11.3. The highest BCUT2D eigenvalue weighted by Gasteiger charge is 2.33. The molecule has 9 heteroatoms. The van der Waals surface area contributed by atoms with Gasteiger partial charge in [0.15, 0.2) is 0 Å². The lowest BCUT2D eigenvalue weighted by Crippen LogP contribution is -2.33. The number of rotatable bonds is 13. The monoisotopic (exact) mass is 618 g/mol. The van der Waals surface area contributed by atoms with E-state index in [9.17, 15) is 28.6 Å². The molecule has 1 heterocycles. The second-order valence-corrected chi connectivity index (χ2v) is 11.3. The number of aromatic nitrogens is 1. The number of aliphatic hydroxyl groups is 2. The van der Waals surface area contributed by atoms with Crippen LogP contribution in [0.1, 0.15) is 62.3 Å². The van der Waals surface area contributed by atoms with Gasteiger partial charge in [0.05, 0.1) is 25.7 Å². The van der Waals surface area contributed by atoms with Crippen LogP contribution in [0.2, 0.25) is 0 Å². The number of anilines is 1. The molecule has 0 aliphatic carbocycles. The molecule has 45 heavy (non-hydrogen) atoms. The summed E-state index contributed by atoms with van der Waals surface area (Å²) >= 11 is 0. The maximum Gasteiger partial charge on any atom is 0.308 e. The van der Waals surface area contributed by atoms with Crippen molar-refractivity contribution >= 4 is 17.6 Å². The highest BCUT2D eigenvalue weighted by molar-refractivity contribution is 6.12. The molecule has 7 nitrogen and oxygen atoms in total. The second kappa shape index (κ2) is 15.1. The number of carbonyl (C=O) groups excluding carboxylic acids is 2. The second-order valence-electron chi connectivity index (χ2n) is 11.3. The van der Waals surface area contributed by atoms with E-state index in [1.807, 2.05) is 55.7 Å². The van der Waals surface area contributed by atoms with Gasteiger partial charge in [0.25, 0.3) is 5.91 Å².